The Balaban J connectivity index is 2.20. The average molecular weight is 349 g/mol. The first kappa shape index (κ1) is 13.6. The van der Waals surface area contributed by atoms with E-state index in [9.17, 15) is 10.1 Å². The third kappa shape index (κ3) is 2.47. The number of fused-ring (bicyclic) bond motifs is 1. The van der Waals surface area contributed by atoms with E-state index in [0.717, 1.165) is 4.47 Å². The van der Waals surface area contributed by atoms with E-state index in [2.05, 4.69) is 20.9 Å². The zero-order valence-corrected chi connectivity index (χ0v) is 12.5. The van der Waals surface area contributed by atoms with Crippen molar-refractivity contribution in [2.75, 3.05) is 7.11 Å². The van der Waals surface area contributed by atoms with Crippen LogP contribution in [0.2, 0.25) is 0 Å². The molecule has 0 aliphatic carbocycles. The van der Waals surface area contributed by atoms with Crippen molar-refractivity contribution in [2.24, 2.45) is 0 Å². The highest BCUT2D eigenvalue weighted by Gasteiger charge is 2.17. The van der Waals surface area contributed by atoms with E-state index in [-0.39, 0.29) is 11.6 Å². The van der Waals surface area contributed by atoms with Gasteiger partial charge >= 0.3 is 0 Å². The number of non-ortho nitro benzene ring substituents is 1. The maximum atomic E-state index is 10.9. The standard InChI is InChI=1S/C14H9BrN2O4/c1-20-12-5-3-9(17(18)19)7-10(12)14-16-11-6-8(15)2-4-13(11)21-14/h2-7H,1H3. The molecule has 0 aliphatic rings. The number of rotatable bonds is 3. The monoisotopic (exact) mass is 348 g/mol. The number of ether oxygens (including phenoxy) is 1. The maximum Gasteiger partial charge on any atom is 0.270 e. The van der Waals surface area contributed by atoms with Gasteiger partial charge < -0.3 is 9.15 Å². The van der Waals surface area contributed by atoms with Crippen molar-refractivity contribution < 1.29 is 14.1 Å². The highest BCUT2D eigenvalue weighted by Crippen LogP contribution is 2.34. The van der Waals surface area contributed by atoms with Gasteiger partial charge in [-0.15, -0.1) is 0 Å². The van der Waals surface area contributed by atoms with E-state index in [1.54, 1.807) is 6.07 Å². The first-order valence-electron chi connectivity index (χ1n) is 5.97. The first-order chi connectivity index (χ1) is 10.1. The number of halogens is 1. The van der Waals surface area contributed by atoms with Gasteiger partial charge in [0.2, 0.25) is 5.89 Å². The molecule has 0 saturated heterocycles. The van der Waals surface area contributed by atoms with Gasteiger partial charge in [0.1, 0.15) is 11.3 Å². The molecule has 3 rings (SSSR count). The van der Waals surface area contributed by atoms with Crippen LogP contribution in [0.3, 0.4) is 0 Å². The largest absolute Gasteiger partial charge is 0.496 e. The fourth-order valence-electron chi connectivity index (χ4n) is 1.99. The minimum atomic E-state index is -0.470. The zero-order chi connectivity index (χ0) is 15.0. The number of benzene rings is 2. The Morgan fingerprint density at radius 1 is 1.29 bits per heavy atom. The van der Waals surface area contributed by atoms with E-state index < -0.39 is 4.92 Å². The summed E-state index contributed by atoms with van der Waals surface area (Å²) in [5, 5.41) is 10.9. The molecule has 0 atom stereocenters. The molecule has 1 aromatic heterocycles. The van der Waals surface area contributed by atoms with Crippen LogP contribution >= 0.6 is 15.9 Å². The first-order valence-corrected chi connectivity index (χ1v) is 6.76. The Kier molecular flexibility index (Phi) is 3.34. The van der Waals surface area contributed by atoms with Gasteiger partial charge in [0.05, 0.1) is 17.6 Å². The van der Waals surface area contributed by atoms with Crippen molar-refractivity contribution in [3.8, 4) is 17.2 Å². The van der Waals surface area contributed by atoms with Gasteiger partial charge in [-0.1, -0.05) is 15.9 Å². The predicted molar refractivity (Wildman–Crippen MR) is 80.4 cm³/mol. The molecule has 0 fully saturated rings. The molecule has 3 aromatic rings. The molecule has 0 aliphatic heterocycles. The van der Waals surface area contributed by atoms with Crippen LogP contribution in [0.1, 0.15) is 0 Å². The normalized spacial score (nSPS) is 10.8. The Bertz CT molecular complexity index is 844. The van der Waals surface area contributed by atoms with E-state index >= 15 is 0 Å². The van der Waals surface area contributed by atoms with Crippen molar-refractivity contribution in [3.63, 3.8) is 0 Å². The van der Waals surface area contributed by atoms with Crippen molar-refractivity contribution in [3.05, 3.63) is 51.0 Å². The van der Waals surface area contributed by atoms with Crippen molar-refractivity contribution in [1.82, 2.24) is 4.98 Å². The number of hydrogen-bond donors (Lipinski definition) is 0. The van der Waals surface area contributed by atoms with E-state index in [1.165, 1.54) is 25.3 Å². The summed E-state index contributed by atoms with van der Waals surface area (Å²) < 4.78 is 11.7. The Morgan fingerprint density at radius 3 is 2.81 bits per heavy atom. The van der Waals surface area contributed by atoms with Crippen molar-refractivity contribution in [2.45, 2.75) is 0 Å². The Hall–Kier alpha value is -2.41. The van der Waals surface area contributed by atoms with Crippen LogP contribution in [0.15, 0.2) is 45.3 Å². The highest BCUT2D eigenvalue weighted by molar-refractivity contribution is 9.10. The van der Waals surface area contributed by atoms with Crippen LogP contribution in [0, 0.1) is 10.1 Å². The fourth-order valence-corrected chi connectivity index (χ4v) is 2.34. The molecule has 2 aromatic carbocycles. The molecular weight excluding hydrogens is 340 g/mol. The second-order valence-electron chi connectivity index (χ2n) is 4.27. The van der Waals surface area contributed by atoms with Crippen LogP contribution < -0.4 is 4.74 Å². The molecule has 0 N–H and O–H groups in total. The summed E-state index contributed by atoms with van der Waals surface area (Å²) in [5.74, 6) is 0.745. The van der Waals surface area contributed by atoms with Crippen LogP contribution in [0.5, 0.6) is 5.75 Å². The molecule has 0 unspecified atom stereocenters. The van der Waals surface area contributed by atoms with Crippen LogP contribution in [-0.2, 0) is 0 Å². The zero-order valence-electron chi connectivity index (χ0n) is 10.9. The lowest BCUT2D eigenvalue weighted by molar-refractivity contribution is -0.384. The van der Waals surface area contributed by atoms with Gasteiger partial charge in [-0.2, -0.15) is 0 Å². The van der Waals surface area contributed by atoms with Gasteiger partial charge in [0.25, 0.3) is 5.69 Å². The van der Waals surface area contributed by atoms with Gasteiger partial charge in [-0.3, -0.25) is 10.1 Å². The lowest BCUT2D eigenvalue weighted by Gasteiger charge is -2.04. The van der Waals surface area contributed by atoms with E-state index in [1.807, 2.05) is 12.1 Å². The van der Waals surface area contributed by atoms with E-state index in [0.29, 0.717) is 22.4 Å². The van der Waals surface area contributed by atoms with Crippen molar-refractivity contribution >= 4 is 32.7 Å². The quantitative estimate of drug-likeness (QED) is 0.524. The smallest absolute Gasteiger partial charge is 0.270 e. The second kappa shape index (κ2) is 5.17. The van der Waals surface area contributed by atoms with Crippen LogP contribution in [0.25, 0.3) is 22.6 Å². The number of methoxy groups -OCH3 is 1. The summed E-state index contributed by atoms with van der Waals surface area (Å²) in [7, 11) is 1.49. The molecule has 0 spiro atoms. The number of nitro benzene ring substituents is 1. The summed E-state index contributed by atoms with van der Waals surface area (Å²) >= 11 is 3.36. The third-order valence-electron chi connectivity index (χ3n) is 2.97. The van der Waals surface area contributed by atoms with Gasteiger partial charge in [-0.25, -0.2) is 4.98 Å². The van der Waals surface area contributed by atoms with E-state index in [4.69, 9.17) is 9.15 Å². The van der Waals surface area contributed by atoms with Gasteiger partial charge in [-0.05, 0) is 24.3 Å². The minimum Gasteiger partial charge on any atom is -0.496 e. The average Bonchev–Trinajstić information content (AvgIpc) is 2.89. The lowest BCUT2D eigenvalue weighted by Crippen LogP contribution is -1.92. The van der Waals surface area contributed by atoms with Crippen LogP contribution in [-0.4, -0.2) is 17.0 Å². The second-order valence-corrected chi connectivity index (χ2v) is 5.19. The molecule has 0 bridgehead atoms. The number of nitro groups is 1. The molecule has 6 nitrogen and oxygen atoms in total. The third-order valence-corrected chi connectivity index (χ3v) is 3.47. The lowest BCUT2D eigenvalue weighted by atomic mass is 10.2. The summed E-state index contributed by atoms with van der Waals surface area (Å²) in [6, 6.07) is 9.71. The molecule has 1 heterocycles. The molecule has 7 heteroatoms. The fraction of sp³-hybridized carbons (Fsp3) is 0.0714. The maximum absolute atomic E-state index is 10.9. The molecular formula is C14H9BrN2O4. The molecule has 21 heavy (non-hydrogen) atoms. The number of aromatic nitrogens is 1. The Morgan fingerprint density at radius 2 is 2.10 bits per heavy atom. The summed E-state index contributed by atoms with van der Waals surface area (Å²) in [6.07, 6.45) is 0. The minimum absolute atomic E-state index is 0.0470. The summed E-state index contributed by atoms with van der Waals surface area (Å²) in [5.41, 5.74) is 1.66. The topological polar surface area (TPSA) is 78.4 Å². The molecule has 0 amide bonds. The summed E-state index contributed by atoms with van der Waals surface area (Å²) in [6.45, 7) is 0. The summed E-state index contributed by atoms with van der Waals surface area (Å²) in [4.78, 5) is 14.8. The number of oxazole rings is 1. The van der Waals surface area contributed by atoms with Gasteiger partial charge in [0, 0.05) is 16.6 Å². The SMILES string of the molecule is COc1ccc([N+](=O)[O-])cc1-c1nc2cc(Br)ccc2o1. The molecule has 106 valence electrons. The van der Waals surface area contributed by atoms with Crippen LogP contribution in [0.4, 0.5) is 5.69 Å². The highest BCUT2D eigenvalue weighted by atomic mass is 79.9. The Labute approximate surface area is 127 Å². The predicted octanol–water partition coefficient (Wildman–Crippen LogP) is 4.17. The number of hydrogen-bond acceptors (Lipinski definition) is 5. The van der Waals surface area contributed by atoms with Gasteiger partial charge in [0.15, 0.2) is 5.58 Å². The molecule has 0 radical (unpaired) electrons. The number of nitrogens with zero attached hydrogens (tertiary/aromatic N) is 2. The van der Waals surface area contributed by atoms with Crippen molar-refractivity contribution in [1.29, 1.82) is 0 Å². The molecule has 0 saturated carbocycles.